The Labute approximate surface area is 181 Å². The molecule has 0 aliphatic carbocycles. The highest BCUT2D eigenvalue weighted by atomic mass is 79.9. The highest BCUT2D eigenvalue weighted by Crippen LogP contribution is 2.30. The normalized spacial score (nSPS) is 12.7. The molecule has 2 aromatic carbocycles. The van der Waals surface area contributed by atoms with Gasteiger partial charge in [0.1, 0.15) is 18.4 Å². The Balaban J connectivity index is 2.18. The second-order valence-electron chi connectivity index (χ2n) is 8.20. The lowest BCUT2D eigenvalue weighted by Gasteiger charge is -2.28. The van der Waals surface area contributed by atoms with Gasteiger partial charge in [-0.2, -0.15) is 0 Å². The van der Waals surface area contributed by atoms with Gasteiger partial charge in [0, 0.05) is 4.47 Å². The summed E-state index contributed by atoms with van der Waals surface area (Å²) in [6.07, 6.45) is 0.825. The zero-order valence-corrected chi connectivity index (χ0v) is 19.6. The predicted octanol–water partition coefficient (Wildman–Crippen LogP) is 4.88. The van der Waals surface area contributed by atoms with Crippen molar-refractivity contribution in [2.45, 2.75) is 47.1 Å². The maximum Gasteiger partial charge on any atom is 0.328 e. The molecule has 1 atom stereocenters. The van der Waals surface area contributed by atoms with Gasteiger partial charge in [-0.1, -0.05) is 42.8 Å². The summed E-state index contributed by atoms with van der Waals surface area (Å²) < 4.78 is 11.9. The lowest BCUT2D eigenvalue weighted by molar-refractivity contribution is -0.148. The van der Waals surface area contributed by atoms with Crippen LogP contribution in [0.1, 0.15) is 40.2 Å². The van der Waals surface area contributed by atoms with Crippen molar-refractivity contribution in [3.05, 3.63) is 40.4 Å². The maximum atomic E-state index is 12.8. The number of carbonyl (C=O) groups excluding carboxylic acids is 2. The molecule has 6 heteroatoms. The Morgan fingerprint density at radius 2 is 1.83 bits per heavy atom. The number of hydrogen-bond acceptors (Lipinski definition) is 4. The van der Waals surface area contributed by atoms with Crippen LogP contribution in [0.3, 0.4) is 0 Å². The van der Waals surface area contributed by atoms with Gasteiger partial charge >= 0.3 is 5.97 Å². The molecule has 0 radical (unpaired) electrons. The quantitative estimate of drug-likeness (QED) is 0.566. The molecule has 5 nitrogen and oxygen atoms in total. The third-order valence-electron chi connectivity index (χ3n) is 4.97. The number of amides is 1. The highest BCUT2D eigenvalue weighted by molar-refractivity contribution is 9.10. The summed E-state index contributed by atoms with van der Waals surface area (Å²) in [5.74, 6) is 0.00252. The van der Waals surface area contributed by atoms with Crippen LogP contribution >= 0.6 is 15.9 Å². The molecule has 29 heavy (non-hydrogen) atoms. The number of halogens is 1. The molecule has 1 N–H and O–H groups in total. The molecule has 2 rings (SSSR count). The predicted molar refractivity (Wildman–Crippen MR) is 119 cm³/mol. The van der Waals surface area contributed by atoms with E-state index >= 15 is 0 Å². The molecule has 0 heterocycles. The number of aryl methyl sites for hydroxylation is 1. The molecule has 0 spiro atoms. The minimum absolute atomic E-state index is 0.0752. The molecule has 1 unspecified atom stereocenters. The number of esters is 1. The van der Waals surface area contributed by atoms with Gasteiger partial charge in [0.15, 0.2) is 0 Å². The molecular weight excluding hydrogens is 434 g/mol. The molecule has 158 valence electrons. The third kappa shape index (κ3) is 5.72. The van der Waals surface area contributed by atoms with Crippen molar-refractivity contribution in [3.63, 3.8) is 0 Å². The fourth-order valence-electron chi connectivity index (χ4n) is 2.99. The van der Waals surface area contributed by atoms with E-state index < -0.39 is 17.4 Å². The van der Waals surface area contributed by atoms with E-state index in [1.165, 1.54) is 7.11 Å². The van der Waals surface area contributed by atoms with E-state index in [4.69, 9.17) is 9.47 Å². The summed E-state index contributed by atoms with van der Waals surface area (Å²) in [5.41, 5.74) is 0.268. The lowest BCUT2D eigenvalue weighted by atomic mass is 9.92. The zero-order chi connectivity index (χ0) is 21.8. The smallest absolute Gasteiger partial charge is 0.328 e. The van der Waals surface area contributed by atoms with Crippen LogP contribution in [-0.4, -0.2) is 31.6 Å². The average Bonchev–Trinajstić information content (AvgIpc) is 2.68. The first kappa shape index (κ1) is 23.2. The van der Waals surface area contributed by atoms with Gasteiger partial charge in [-0.05, 0) is 66.8 Å². The number of carbonyl (C=O) groups is 2. The summed E-state index contributed by atoms with van der Waals surface area (Å²) in [6, 6.07) is 9.58. The number of nitrogens with one attached hydrogen (secondary N) is 1. The molecule has 0 aliphatic rings. The van der Waals surface area contributed by atoms with Crippen LogP contribution in [0.5, 0.6) is 5.75 Å². The fourth-order valence-corrected chi connectivity index (χ4v) is 3.37. The van der Waals surface area contributed by atoms with Gasteiger partial charge in [-0.25, -0.2) is 4.79 Å². The van der Waals surface area contributed by atoms with Crippen molar-refractivity contribution in [1.29, 1.82) is 0 Å². The van der Waals surface area contributed by atoms with Gasteiger partial charge in [0.25, 0.3) is 0 Å². The Morgan fingerprint density at radius 3 is 2.41 bits per heavy atom. The number of methoxy groups -OCH3 is 1. The van der Waals surface area contributed by atoms with Crippen molar-refractivity contribution < 1.29 is 19.1 Å². The SMILES string of the molecule is CCc1cc2ccc(Br)cc2cc1OCC(C)(C)C(=O)NC(C(=O)OC)C(C)C. The van der Waals surface area contributed by atoms with Gasteiger partial charge < -0.3 is 14.8 Å². The van der Waals surface area contributed by atoms with Crippen LogP contribution in [0.4, 0.5) is 0 Å². The molecule has 0 saturated heterocycles. The van der Waals surface area contributed by atoms with Crippen molar-refractivity contribution in [1.82, 2.24) is 5.32 Å². The van der Waals surface area contributed by atoms with Crippen molar-refractivity contribution in [2.24, 2.45) is 11.3 Å². The van der Waals surface area contributed by atoms with Gasteiger partial charge in [0.2, 0.25) is 5.91 Å². The summed E-state index contributed by atoms with van der Waals surface area (Å²) in [4.78, 5) is 24.8. The van der Waals surface area contributed by atoms with Gasteiger partial charge in [-0.15, -0.1) is 0 Å². The van der Waals surface area contributed by atoms with Crippen molar-refractivity contribution in [3.8, 4) is 5.75 Å². The van der Waals surface area contributed by atoms with E-state index in [1.54, 1.807) is 13.8 Å². The van der Waals surface area contributed by atoms with E-state index in [-0.39, 0.29) is 18.4 Å². The monoisotopic (exact) mass is 463 g/mol. The number of rotatable bonds is 8. The molecular formula is C23H30BrNO4. The van der Waals surface area contributed by atoms with E-state index in [0.717, 1.165) is 33.0 Å². The standard InChI is InChI=1S/C23H30BrNO4/c1-7-15-10-16-8-9-18(24)11-17(16)12-19(15)29-13-23(4,5)22(27)25-20(14(2)3)21(26)28-6/h8-12,14,20H,7,13H2,1-6H3,(H,25,27). The van der Waals surface area contributed by atoms with Crippen LogP contribution in [0.2, 0.25) is 0 Å². The Hall–Kier alpha value is -2.08. The first-order chi connectivity index (χ1) is 13.6. The largest absolute Gasteiger partial charge is 0.492 e. The molecule has 2 aromatic rings. The van der Waals surface area contributed by atoms with Crippen LogP contribution in [0.25, 0.3) is 10.8 Å². The van der Waals surface area contributed by atoms with E-state index in [2.05, 4.69) is 40.3 Å². The third-order valence-corrected chi connectivity index (χ3v) is 5.47. The van der Waals surface area contributed by atoms with Crippen LogP contribution in [-0.2, 0) is 20.7 Å². The summed E-state index contributed by atoms with van der Waals surface area (Å²) >= 11 is 3.50. The zero-order valence-electron chi connectivity index (χ0n) is 18.0. The molecule has 0 aliphatic heterocycles. The maximum absolute atomic E-state index is 12.8. The Bertz CT molecular complexity index is 892. The molecule has 0 aromatic heterocycles. The van der Waals surface area contributed by atoms with E-state index in [9.17, 15) is 9.59 Å². The topological polar surface area (TPSA) is 64.6 Å². The molecule has 0 bridgehead atoms. The second-order valence-corrected chi connectivity index (χ2v) is 9.11. The summed E-state index contributed by atoms with van der Waals surface area (Å²) in [7, 11) is 1.32. The number of fused-ring (bicyclic) bond motifs is 1. The Kier molecular flexibility index (Phi) is 7.69. The van der Waals surface area contributed by atoms with Crippen LogP contribution in [0.15, 0.2) is 34.8 Å². The first-order valence-electron chi connectivity index (χ1n) is 9.82. The van der Waals surface area contributed by atoms with Crippen molar-refractivity contribution >= 4 is 38.6 Å². The van der Waals surface area contributed by atoms with E-state index in [1.807, 2.05) is 32.0 Å². The van der Waals surface area contributed by atoms with Gasteiger partial charge in [-0.3, -0.25) is 4.79 Å². The summed E-state index contributed by atoms with van der Waals surface area (Å²) in [6.45, 7) is 9.62. The summed E-state index contributed by atoms with van der Waals surface area (Å²) in [5, 5.41) is 5.02. The van der Waals surface area contributed by atoms with Gasteiger partial charge in [0.05, 0.1) is 12.5 Å². The van der Waals surface area contributed by atoms with E-state index in [0.29, 0.717) is 0 Å². The first-order valence-corrected chi connectivity index (χ1v) is 10.6. The fraction of sp³-hybridized carbons (Fsp3) is 0.478. The number of ether oxygens (including phenoxy) is 2. The number of benzene rings is 2. The molecule has 1 amide bonds. The molecule has 0 fully saturated rings. The minimum Gasteiger partial charge on any atom is -0.492 e. The minimum atomic E-state index is -0.821. The average molecular weight is 464 g/mol. The Morgan fingerprint density at radius 1 is 1.14 bits per heavy atom. The lowest BCUT2D eigenvalue weighted by Crippen LogP contribution is -2.51. The van der Waals surface area contributed by atoms with Crippen LogP contribution < -0.4 is 10.1 Å². The highest BCUT2D eigenvalue weighted by Gasteiger charge is 2.34. The number of hydrogen-bond donors (Lipinski definition) is 1. The molecule has 0 saturated carbocycles. The van der Waals surface area contributed by atoms with Crippen LogP contribution in [0, 0.1) is 11.3 Å². The van der Waals surface area contributed by atoms with Crippen molar-refractivity contribution in [2.75, 3.05) is 13.7 Å². The second kappa shape index (κ2) is 9.61.